The molecule has 3 rings (SSSR count). The number of aliphatic hydroxyl groups is 1. The van der Waals surface area contributed by atoms with E-state index in [1.807, 2.05) is 48.5 Å². The minimum Gasteiger partial charge on any atom is -0.489 e. The second-order valence-electron chi connectivity index (χ2n) is 6.58. The van der Waals surface area contributed by atoms with Gasteiger partial charge in [-0.25, -0.2) is 0 Å². The van der Waals surface area contributed by atoms with Crippen LogP contribution in [-0.4, -0.2) is 11.7 Å². The maximum atomic E-state index is 10.3. The van der Waals surface area contributed by atoms with E-state index < -0.39 is 6.10 Å². The summed E-state index contributed by atoms with van der Waals surface area (Å²) in [4.78, 5) is 0. The van der Waals surface area contributed by atoms with Crippen molar-refractivity contribution >= 4 is 11.6 Å². The predicted molar refractivity (Wildman–Crippen MR) is 110 cm³/mol. The zero-order valence-electron chi connectivity index (χ0n) is 15.4. The molecule has 3 aromatic rings. The van der Waals surface area contributed by atoms with Gasteiger partial charge in [0.15, 0.2) is 0 Å². The molecule has 4 heteroatoms. The molecule has 140 valence electrons. The third kappa shape index (κ3) is 5.83. The molecule has 2 N–H and O–H groups in total. The lowest BCUT2D eigenvalue weighted by Crippen LogP contribution is -2.21. The molecule has 0 aliphatic rings. The van der Waals surface area contributed by atoms with E-state index in [-0.39, 0.29) is 0 Å². The first kappa shape index (κ1) is 19.4. The number of hydrogen-bond acceptors (Lipinski definition) is 3. The van der Waals surface area contributed by atoms with E-state index in [4.69, 9.17) is 16.3 Å². The molecule has 3 nitrogen and oxygen atoms in total. The fourth-order valence-electron chi connectivity index (χ4n) is 2.81. The minimum absolute atomic E-state index is 0.452. The van der Waals surface area contributed by atoms with Crippen LogP contribution in [0.1, 0.15) is 28.4 Å². The van der Waals surface area contributed by atoms with Crippen molar-refractivity contribution in [1.29, 1.82) is 0 Å². The van der Waals surface area contributed by atoms with E-state index in [0.29, 0.717) is 24.7 Å². The monoisotopic (exact) mass is 381 g/mol. The van der Waals surface area contributed by atoms with Crippen LogP contribution in [-0.2, 0) is 13.2 Å². The van der Waals surface area contributed by atoms with Crippen molar-refractivity contribution in [3.8, 4) is 5.75 Å². The predicted octanol–water partition coefficient (Wildman–Crippen LogP) is 5.05. The van der Waals surface area contributed by atoms with Gasteiger partial charge >= 0.3 is 0 Å². The SMILES string of the molecule is Cc1ccc(COc2ccc(Cl)cc2CNCC(O)c2ccccc2)cc1. The van der Waals surface area contributed by atoms with E-state index in [1.54, 1.807) is 0 Å². The van der Waals surface area contributed by atoms with E-state index in [2.05, 4.69) is 36.5 Å². The summed E-state index contributed by atoms with van der Waals surface area (Å²) in [5.74, 6) is 0.793. The van der Waals surface area contributed by atoms with Crippen molar-refractivity contribution in [2.24, 2.45) is 0 Å². The first-order chi connectivity index (χ1) is 13.1. The summed E-state index contributed by atoms with van der Waals surface area (Å²) in [5, 5.41) is 14.2. The van der Waals surface area contributed by atoms with Gasteiger partial charge in [0.1, 0.15) is 12.4 Å². The molecular formula is C23H24ClNO2. The molecule has 0 aromatic heterocycles. The van der Waals surface area contributed by atoms with E-state index in [9.17, 15) is 5.11 Å². The highest BCUT2D eigenvalue weighted by molar-refractivity contribution is 6.30. The first-order valence-electron chi connectivity index (χ1n) is 9.02. The Hall–Kier alpha value is -2.33. The lowest BCUT2D eigenvalue weighted by molar-refractivity contribution is 0.174. The third-order valence-corrected chi connectivity index (χ3v) is 4.61. The van der Waals surface area contributed by atoms with Crippen molar-refractivity contribution in [3.05, 3.63) is 100 Å². The number of rotatable bonds is 8. The zero-order chi connectivity index (χ0) is 19.1. The number of aryl methyl sites for hydroxylation is 1. The summed E-state index contributed by atoms with van der Waals surface area (Å²) in [6, 6.07) is 23.5. The summed E-state index contributed by atoms with van der Waals surface area (Å²) in [7, 11) is 0. The fourth-order valence-corrected chi connectivity index (χ4v) is 3.00. The maximum Gasteiger partial charge on any atom is 0.124 e. The zero-order valence-corrected chi connectivity index (χ0v) is 16.1. The first-order valence-corrected chi connectivity index (χ1v) is 9.40. The maximum absolute atomic E-state index is 10.3. The van der Waals surface area contributed by atoms with Crippen molar-refractivity contribution in [3.63, 3.8) is 0 Å². The van der Waals surface area contributed by atoms with Crippen LogP contribution in [0.2, 0.25) is 5.02 Å². The van der Waals surface area contributed by atoms with Gasteiger partial charge in [-0.3, -0.25) is 0 Å². The standard InChI is InChI=1S/C23H24ClNO2/c1-17-7-9-18(10-8-17)16-27-23-12-11-21(24)13-20(23)14-25-15-22(26)19-5-3-2-4-6-19/h2-13,22,25-26H,14-16H2,1H3. The van der Waals surface area contributed by atoms with Crippen LogP contribution in [0.4, 0.5) is 0 Å². The summed E-state index contributed by atoms with van der Waals surface area (Å²) >= 11 is 6.16. The quantitative estimate of drug-likeness (QED) is 0.573. The topological polar surface area (TPSA) is 41.5 Å². The molecule has 1 unspecified atom stereocenters. The Morgan fingerprint density at radius 3 is 2.48 bits per heavy atom. The number of nitrogens with one attached hydrogen (secondary N) is 1. The Labute approximate surface area is 165 Å². The Morgan fingerprint density at radius 2 is 1.74 bits per heavy atom. The van der Waals surface area contributed by atoms with Crippen LogP contribution in [0, 0.1) is 6.92 Å². The van der Waals surface area contributed by atoms with Gasteiger partial charge < -0.3 is 15.2 Å². The van der Waals surface area contributed by atoms with E-state index in [0.717, 1.165) is 22.4 Å². The molecule has 27 heavy (non-hydrogen) atoms. The Morgan fingerprint density at radius 1 is 1.00 bits per heavy atom. The average Bonchev–Trinajstić information content (AvgIpc) is 2.69. The lowest BCUT2D eigenvalue weighted by Gasteiger charge is -2.15. The van der Waals surface area contributed by atoms with Gasteiger partial charge in [0.25, 0.3) is 0 Å². The Balaban J connectivity index is 1.59. The van der Waals surface area contributed by atoms with E-state index in [1.165, 1.54) is 5.56 Å². The molecule has 0 bridgehead atoms. The molecule has 0 saturated heterocycles. The van der Waals surface area contributed by atoms with Crippen molar-refractivity contribution in [2.75, 3.05) is 6.54 Å². The van der Waals surface area contributed by atoms with Crippen LogP contribution in [0.3, 0.4) is 0 Å². The highest BCUT2D eigenvalue weighted by atomic mass is 35.5. The minimum atomic E-state index is -0.553. The number of benzene rings is 3. The van der Waals surface area contributed by atoms with Gasteiger partial charge in [-0.15, -0.1) is 0 Å². The van der Waals surface area contributed by atoms with Crippen LogP contribution < -0.4 is 10.1 Å². The molecule has 0 fully saturated rings. The molecule has 1 atom stereocenters. The normalized spacial score (nSPS) is 12.0. The third-order valence-electron chi connectivity index (χ3n) is 4.37. The molecule has 0 spiro atoms. The van der Waals surface area contributed by atoms with Gasteiger partial charge in [0.05, 0.1) is 6.10 Å². The Kier molecular flexibility index (Phi) is 6.88. The summed E-state index contributed by atoms with van der Waals surface area (Å²) in [6.45, 7) is 3.58. The second kappa shape index (κ2) is 9.56. The van der Waals surface area contributed by atoms with Crippen LogP contribution in [0.15, 0.2) is 72.8 Å². The molecule has 0 aliphatic carbocycles. The highest BCUT2D eigenvalue weighted by Gasteiger charge is 2.09. The van der Waals surface area contributed by atoms with Gasteiger partial charge in [-0.05, 0) is 36.2 Å². The van der Waals surface area contributed by atoms with Gasteiger partial charge in [-0.2, -0.15) is 0 Å². The second-order valence-corrected chi connectivity index (χ2v) is 7.02. The van der Waals surface area contributed by atoms with Crippen LogP contribution in [0.25, 0.3) is 0 Å². The summed E-state index contributed by atoms with van der Waals surface area (Å²) in [6.07, 6.45) is -0.553. The lowest BCUT2D eigenvalue weighted by atomic mass is 10.1. The number of halogens is 1. The summed E-state index contributed by atoms with van der Waals surface area (Å²) in [5.41, 5.74) is 4.21. The largest absolute Gasteiger partial charge is 0.489 e. The van der Waals surface area contributed by atoms with Gasteiger partial charge in [-0.1, -0.05) is 71.8 Å². The van der Waals surface area contributed by atoms with Crippen molar-refractivity contribution in [1.82, 2.24) is 5.32 Å². The van der Waals surface area contributed by atoms with Gasteiger partial charge in [0, 0.05) is 23.7 Å². The molecule has 3 aromatic carbocycles. The fraction of sp³-hybridized carbons (Fsp3) is 0.217. The molecule has 0 saturated carbocycles. The average molecular weight is 382 g/mol. The number of hydrogen-bond donors (Lipinski definition) is 2. The molecule has 0 heterocycles. The smallest absolute Gasteiger partial charge is 0.124 e. The molecule has 0 amide bonds. The highest BCUT2D eigenvalue weighted by Crippen LogP contribution is 2.24. The molecule has 0 radical (unpaired) electrons. The number of ether oxygens (including phenoxy) is 1. The molecule has 0 aliphatic heterocycles. The number of aliphatic hydroxyl groups excluding tert-OH is 1. The van der Waals surface area contributed by atoms with E-state index >= 15 is 0 Å². The van der Waals surface area contributed by atoms with Gasteiger partial charge in [0.2, 0.25) is 0 Å². The van der Waals surface area contributed by atoms with Crippen LogP contribution in [0.5, 0.6) is 5.75 Å². The van der Waals surface area contributed by atoms with Crippen molar-refractivity contribution < 1.29 is 9.84 Å². The Bertz CT molecular complexity index is 850. The summed E-state index contributed by atoms with van der Waals surface area (Å²) < 4.78 is 6.00. The van der Waals surface area contributed by atoms with Crippen molar-refractivity contribution in [2.45, 2.75) is 26.2 Å². The van der Waals surface area contributed by atoms with Crippen LogP contribution >= 0.6 is 11.6 Å². The molecular weight excluding hydrogens is 358 g/mol.